The Kier molecular flexibility index (Phi) is 4.97. The van der Waals surface area contributed by atoms with E-state index in [0.29, 0.717) is 16.4 Å². The fourth-order valence-corrected chi connectivity index (χ4v) is 2.88. The van der Waals surface area contributed by atoms with Gasteiger partial charge in [0.2, 0.25) is 5.13 Å². The molecule has 0 radical (unpaired) electrons. The van der Waals surface area contributed by atoms with E-state index >= 15 is 0 Å². The molecule has 0 spiro atoms. The molecule has 8 heteroatoms. The van der Waals surface area contributed by atoms with Gasteiger partial charge in [-0.1, -0.05) is 40.2 Å². The molecule has 2 aromatic carbocycles. The van der Waals surface area contributed by atoms with Gasteiger partial charge in [0.25, 0.3) is 5.69 Å². The predicted octanol–water partition coefficient (Wildman–Crippen LogP) is 4.93. The normalized spacial score (nSPS) is 10.9. The second-order valence-corrected chi connectivity index (χ2v) is 6.54. The van der Waals surface area contributed by atoms with Gasteiger partial charge in [0.05, 0.1) is 16.8 Å². The summed E-state index contributed by atoms with van der Waals surface area (Å²) < 4.78 is 1.01. The standard InChI is InChI=1S/C16H11BrN4O2S/c17-13-6-4-11(5-7-13)9-18-20-16-19-15(10-24-16)12-2-1-3-14(8-12)21(22)23/h1-10H,(H,19,20)/b18-9+. The molecule has 3 rings (SSSR count). The minimum absolute atomic E-state index is 0.0447. The molecule has 0 bridgehead atoms. The molecule has 24 heavy (non-hydrogen) atoms. The van der Waals surface area contributed by atoms with E-state index in [1.165, 1.54) is 23.5 Å². The number of hydrogen-bond acceptors (Lipinski definition) is 6. The van der Waals surface area contributed by atoms with Crippen LogP contribution in [0.5, 0.6) is 0 Å². The van der Waals surface area contributed by atoms with Gasteiger partial charge < -0.3 is 0 Å². The van der Waals surface area contributed by atoms with E-state index in [-0.39, 0.29) is 5.69 Å². The Labute approximate surface area is 150 Å². The second kappa shape index (κ2) is 7.33. The number of anilines is 1. The van der Waals surface area contributed by atoms with Gasteiger partial charge >= 0.3 is 0 Å². The Balaban J connectivity index is 1.70. The lowest BCUT2D eigenvalue weighted by Crippen LogP contribution is -1.90. The minimum Gasteiger partial charge on any atom is -0.258 e. The number of thiazole rings is 1. The quantitative estimate of drug-likeness (QED) is 0.372. The van der Waals surface area contributed by atoms with Gasteiger partial charge in [-0.05, 0) is 17.7 Å². The number of nitrogens with one attached hydrogen (secondary N) is 1. The number of nitro groups is 1. The largest absolute Gasteiger partial charge is 0.270 e. The van der Waals surface area contributed by atoms with Crippen LogP contribution in [0.1, 0.15) is 5.56 Å². The van der Waals surface area contributed by atoms with Crippen LogP contribution < -0.4 is 5.43 Å². The first-order chi connectivity index (χ1) is 11.6. The van der Waals surface area contributed by atoms with Gasteiger partial charge in [-0.2, -0.15) is 5.10 Å². The summed E-state index contributed by atoms with van der Waals surface area (Å²) in [6, 6.07) is 14.1. The number of nitro benzene ring substituents is 1. The fourth-order valence-electron chi connectivity index (χ4n) is 1.95. The molecule has 0 atom stereocenters. The maximum absolute atomic E-state index is 10.8. The third kappa shape index (κ3) is 4.03. The number of nitrogens with zero attached hydrogens (tertiary/aromatic N) is 3. The van der Waals surface area contributed by atoms with Crippen LogP contribution in [0, 0.1) is 10.1 Å². The summed E-state index contributed by atoms with van der Waals surface area (Å²) in [5, 5.41) is 17.4. The summed E-state index contributed by atoms with van der Waals surface area (Å²) in [7, 11) is 0. The minimum atomic E-state index is -0.419. The smallest absolute Gasteiger partial charge is 0.258 e. The van der Waals surface area contributed by atoms with Crippen molar-refractivity contribution in [3.05, 3.63) is 74.1 Å². The molecule has 0 aliphatic carbocycles. The van der Waals surface area contributed by atoms with E-state index in [4.69, 9.17) is 0 Å². The SMILES string of the molecule is O=[N+]([O-])c1cccc(-c2csc(N/N=C/c3ccc(Br)cc3)n2)c1. The average molecular weight is 403 g/mol. The Hall–Kier alpha value is -2.58. The summed E-state index contributed by atoms with van der Waals surface area (Å²) in [6.07, 6.45) is 1.70. The number of rotatable bonds is 5. The van der Waals surface area contributed by atoms with E-state index in [2.05, 4.69) is 31.4 Å². The number of aromatic nitrogens is 1. The topological polar surface area (TPSA) is 80.4 Å². The van der Waals surface area contributed by atoms with Crippen LogP contribution in [0.2, 0.25) is 0 Å². The summed E-state index contributed by atoms with van der Waals surface area (Å²) in [6.45, 7) is 0. The molecular formula is C16H11BrN4O2S. The van der Waals surface area contributed by atoms with Crippen LogP contribution in [0.25, 0.3) is 11.3 Å². The molecule has 0 fully saturated rings. The summed E-state index contributed by atoms with van der Waals surface area (Å²) >= 11 is 4.76. The van der Waals surface area contributed by atoms with Gasteiger partial charge in [0.1, 0.15) is 0 Å². The Morgan fingerprint density at radius 2 is 2.04 bits per heavy atom. The third-order valence-electron chi connectivity index (χ3n) is 3.10. The maximum atomic E-state index is 10.8. The van der Waals surface area contributed by atoms with Gasteiger partial charge in [0.15, 0.2) is 0 Å². The molecule has 120 valence electrons. The van der Waals surface area contributed by atoms with Crippen LogP contribution >= 0.6 is 27.3 Å². The van der Waals surface area contributed by atoms with Gasteiger partial charge in [-0.3, -0.25) is 15.5 Å². The first-order valence-electron chi connectivity index (χ1n) is 6.87. The van der Waals surface area contributed by atoms with E-state index in [1.54, 1.807) is 18.3 Å². The van der Waals surface area contributed by atoms with Gasteiger partial charge in [-0.25, -0.2) is 4.98 Å². The molecule has 0 amide bonds. The second-order valence-electron chi connectivity index (χ2n) is 4.77. The fraction of sp³-hybridized carbons (Fsp3) is 0. The number of halogens is 1. The lowest BCUT2D eigenvalue weighted by molar-refractivity contribution is -0.384. The molecule has 1 heterocycles. The number of non-ortho nitro benzene ring substituents is 1. The van der Waals surface area contributed by atoms with Crippen molar-refractivity contribution in [3.63, 3.8) is 0 Å². The van der Waals surface area contributed by atoms with Crippen LogP contribution in [0.3, 0.4) is 0 Å². The summed E-state index contributed by atoms with van der Waals surface area (Å²) in [4.78, 5) is 14.8. The van der Waals surface area contributed by atoms with Crippen LogP contribution in [0.15, 0.2) is 63.5 Å². The zero-order valence-electron chi connectivity index (χ0n) is 12.2. The van der Waals surface area contributed by atoms with Gasteiger partial charge in [0, 0.05) is 27.5 Å². The van der Waals surface area contributed by atoms with Crippen molar-refractivity contribution in [2.24, 2.45) is 5.10 Å². The molecule has 1 N–H and O–H groups in total. The van der Waals surface area contributed by atoms with Crippen molar-refractivity contribution >= 4 is 44.3 Å². The monoisotopic (exact) mass is 402 g/mol. The lowest BCUT2D eigenvalue weighted by Gasteiger charge is -1.97. The van der Waals surface area contributed by atoms with E-state index in [1.807, 2.05) is 29.6 Å². The molecule has 0 saturated heterocycles. The molecule has 0 aliphatic rings. The first kappa shape index (κ1) is 16.3. The average Bonchev–Trinajstić information content (AvgIpc) is 3.06. The van der Waals surface area contributed by atoms with Crippen molar-refractivity contribution in [1.82, 2.24) is 4.98 Å². The summed E-state index contributed by atoms with van der Waals surface area (Å²) in [5.74, 6) is 0. The summed E-state index contributed by atoms with van der Waals surface area (Å²) in [5.41, 5.74) is 5.24. The number of hydrazone groups is 1. The Bertz CT molecular complexity index is 893. The highest BCUT2D eigenvalue weighted by Crippen LogP contribution is 2.27. The van der Waals surface area contributed by atoms with Gasteiger partial charge in [-0.15, -0.1) is 11.3 Å². The highest BCUT2D eigenvalue weighted by atomic mass is 79.9. The Morgan fingerprint density at radius 1 is 1.25 bits per heavy atom. The maximum Gasteiger partial charge on any atom is 0.270 e. The third-order valence-corrected chi connectivity index (χ3v) is 4.38. The molecular weight excluding hydrogens is 392 g/mol. The molecule has 3 aromatic rings. The van der Waals surface area contributed by atoms with Crippen LogP contribution in [-0.2, 0) is 0 Å². The number of benzene rings is 2. The molecule has 0 saturated carbocycles. The molecule has 0 aliphatic heterocycles. The lowest BCUT2D eigenvalue weighted by atomic mass is 10.1. The van der Waals surface area contributed by atoms with Crippen molar-refractivity contribution in [1.29, 1.82) is 0 Å². The molecule has 1 aromatic heterocycles. The zero-order valence-corrected chi connectivity index (χ0v) is 14.6. The highest BCUT2D eigenvalue weighted by Gasteiger charge is 2.09. The first-order valence-corrected chi connectivity index (χ1v) is 8.54. The van der Waals surface area contributed by atoms with Crippen LogP contribution in [0.4, 0.5) is 10.8 Å². The van der Waals surface area contributed by atoms with Crippen molar-refractivity contribution in [2.45, 2.75) is 0 Å². The molecule has 6 nitrogen and oxygen atoms in total. The molecule has 0 unspecified atom stereocenters. The van der Waals surface area contributed by atoms with E-state index in [9.17, 15) is 10.1 Å². The highest BCUT2D eigenvalue weighted by molar-refractivity contribution is 9.10. The van der Waals surface area contributed by atoms with Crippen molar-refractivity contribution < 1.29 is 4.92 Å². The van der Waals surface area contributed by atoms with Crippen molar-refractivity contribution in [2.75, 3.05) is 5.43 Å². The van der Waals surface area contributed by atoms with E-state index in [0.717, 1.165) is 10.0 Å². The predicted molar refractivity (Wildman–Crippen MR) is 99.6 cm³/mol. The van der Waals surface area contributed by atoms with Crippen LogP contribution in [-0.4, -0.2) is 16.1 Å². The number of hydrogen-bond donors (Lipinski definition) is 1. The van der Waals surface area contributed by atoms with E-state index < -0.39 is 4.92 Å². The van der Waals surface area contributed by atoms with Crippen molar-refractivity contribution in [3.8, 4) is 11.3 Å². The zero-order chi connectivity index (χ0) is 16.9. The Morgan fingerprint density at radius 3 is 2.79 bits per heavy atom.